The molecule has 0 radical (unpaired) electrons. The maximum Gasteiger partial charge on any atom is 0.312 e. The van der Waals surface area contributed by atoms with Gasteiger partial charge < -0.3 is 24.4 Å². The Hall–Kier alpha value is -2.19. The highest BCUT2D eigenvalue weighted by molar-refractivity contribution is 5.99. The zero-order chi connectivity index (χ0) is 23.0. The Labute approximate surface area is 194 Å². The molecule has 8 heteroatoms. The molecule has 5 rings (SSSR count). The molecule has 0 aromatic heterocycles. The molecule has 3 fully saturated rings. The first kappa shape index (κ1) is 22.6. The lowest BCUT2D eigenvalue weighted by Crippen LogP contribution is -2.57. The number of nitrogens with zero attached hydrogens (tertiary/aromatic N) is 2. The number of hydrogen-bond acceptors (Lipinski definition) is 6. The number of ether oxygens (including phenoxy) is 2. The number of carbonyl (C=O) groups excluding carboxylic acids is 3. The lowest BCUT2D eigenvalue weighted by atomic mass is 9.77. The number of likely N-dealkylation sites (tertiary alicyclic amines) is 1. The predicted octanol–water partition coefficient (Wildman–Crippen LogP) is 1.57. The van der Waals surface area contributed by atoms with E-state index in [9.17, 15) is 19.5 Å². The van der Waals surface area contributed by atoms with Crippen LogP contribution in [-0.2, 0) is 23.9 Å². The molecular formula is C25H34N2O6. The van der Waals surface area contributed by atoms with Gasteiger partial charge in [-0.2, -0.15) is 0 Å². The van der Waals surface area contributed by atoms with E-state index in [1.54, 1.807) is 4.90 Å². The highest BCUT2D eigenvalue weighted by atomic mass is 16.6. The summed E-state index contributed by atoms with van der Waals surface area (Å²) in [6.07, 6.45) is 14.1. The number of rotatable bonds is 5. The Morgan fingerprint density at radius 2 is 1.88 bits per heavy atom. The number of fused-ring (bicyclic) bond motifs is 2. The highest BCUT2D eigenvalue weighted by Gasteiger charge is 2.71. The smallest absolute Gasteiger partial charge is 0.312 e. The van der Waals surface area contributed by atoms with E-state index < -0.39 is 35.6 Å². The summed E-state index contributed by atoms with van der Waals surface area (Å²) in [5.41, 5.74) is -1.18. The SMILES string of the molecule is O=C1OCCC=C[C@@H]2O[C@]34C=CCN(C5CCCCC5)C(=O)C3N(CCCCO)C(=O)[C@@H]4[C@H]12. The summed E-state index contributed by atoms with van der Waals surface area (Å²) in [4.78, 5) is 44.5. The number of hydrogen-bond donors (Lipinski definition) is 1. The molecule has 0 aromatic rings. The average Bonchev–Trinajstić information content (AvgIpc) is 3.18. The predicted molar refractivity (Wildman–Crippen MR) is 119 cm³/mol. The minimum atomic E-state index is -1.18. The largest absolute Gasteiger partial charge is 0.465 e. The summed E-state index contributed by atoms with van der Waals surface area (Å²) in [5.74, 6) is -2.29. The van der Waals surface area contributed by atoms with Gasteiger partial charge in [0.25, 0.3) is 0 Å². The average molecular weight is 459 g/mol. The Morgan fingerprint density at radius 1 is 1.06 bits per heavy atom. The van der Waals surface area contributed by atoms with Gasteiger partial charge in [-0.25, -0.2) is 0 Å². The summed E-state index contributed by atoms with van der Waals surface area (Å²) in [5, 5.41) is 9.27. The van der Waals surface area contributed by atoms with Gasteiger partial charge in [0.05, 0.1) is 18.6 Å². The second-order valence-corrected chi connectivity index (χ2v) is 9.87. The lowest BCUT2D eigenvalue weighted by molar-refractivity contribution is -0.155. The van der Waals surface area contributed by atoms with Gasteiger partial charge in [-0.05, 0) is 32.1 Å². The van der Waals surface area contributed by atoms with Crippen molar-refractivity contribution in [3.05, 3.63) is 24.3 Å². The molecule has 2 amide bonds. The molecule has 1 saturated carbocycles. The monoisotopic (exact) mass is 458 g/mol. The van der Waals surface area contributed by atoms with Gasteiger partial charge in [-0.3, -0.25) is 14.4 Å². The van der Waals surface area contributed by atoms with Crippen LogP contribution >= 0.6 is 0 Å². The second-order valence-electron chi connectivity index (χ2n) is 9.87. The summed E-state index contributed by atoms with van der Waals surface area (Å²) >= 11 is 0. The first-order valence-corrected chi connectivity index (χ1v) is 12.5. The number of amides is 2. The molecule has 4 aliphatic heterocycles. The fraction of sp³-hybridized carbons (Fsp3) is 0.720. The van der Waals surface area contributed by atoms with E-state index in [4.69, 9.17) is 9.47 Å². The molecule has 5 atom stereocenters. The van der Waals surface area contributed by atoms with Crippen molar-refractivity contribution in [2.75, 3.05) is 26.3 Å². The zero-order valence-corrected chi connectivity index (χ0v) is 19.1. The number of carbonyl (C=O) groups is 3. The Kier molecular flexibility index (Phi) is 6.31. The molecule has 2 saturated heterocycles. The Balaban J connectivity index is 1.54. The van der Waals surface area contributed by atoms with Crippen molar-refractivity contribution in [2.24, 2.45) is 11.8 Å². The van der Waals surface area contributed by atoms with Crippen LogP contribution in [0.3, 0.4) is 0 Å². The maximum absolute atomic E-state index is 14.1. The number of unbranched alkanes of at least 4 members (excludes halogenated alkanes) is 1. The standard InChI is InChI=1S/C25H34N2O6/c28-15-6-5-13-27-21-23(30)26(17-9-2-1-3-10-17)14-8-12-25(21)20(22(27)29)19-18(33-25)11-4-7-16-32-24(19)31/h4,8,11-12,17-21,28H,1-3,5-7,9-10,13-16H2/t18-,19+,20-,21?,25-/m0/s1. The van der Waals surface area contributed by atoms with E-state index in [0.29, 0.717) is 32.4 Å². The molecule has 0 aromatic carbocycles. The van der Waals surface area contributed by atoms with Gasteiger partial charge in [0, 0.05) is 25.7 Å². The Bertz CT molecular complexity index is 850. The summed E-state index contributed by atoms with van der Waals surface area (Å²) < 4.78 is 12.0. The van der Waals surface area contributed by atoms with E-state index in [0.717, 1.165) is 25.7 Å². The van der Waals surface area contributed by atoms with E-state index in [2.05, 4.69) is 0 Å². The van der Waals surface area contributed by atoms with E-state index in [-0.39, 0.29) is 31.1 Å². The van der Waals surface area contributed by atoms with E-state index >= 15 is 0 Å². The molecule has 4 heterocycles. The van der Waals surface area contributed by atoms with Crippen molar-refractivity contribution in [3.63, 3.8) is 0 Å². The van der Waals surface area contributed by atoms with Crippen molar-refractivity contribution in [3.8, 4) is 0 Å². The number of aliphatic hydroxyl groups is 1. The van der Waals surface area contributed by atoms with Crippen molar-refractivity contribution >= 4 is 17.8 Å². The first-order chi connectivity index (χ1) is 16.1. The third kappa shape index (κ3) is 3.71. The minimum Gasteiger partial charge on any atom is -0.465 e. The molecule has 5 aliphatic rings. The van der Waals surface area contributed by atoms with E-state index in [1.165, 1.54) is 6.42 Å². The highest BCUT2D eigenvalue weighted by Crippen LogP contribution is 2.53. The quantitative estimate of drug-likeness (QED) is 0.382. The van der Waals surface area contributed by atoms with Crippen molar-refractivity contribution in [2.45, 2.75) is 75.2 Å². The first-order valence-electron chi connectivity index (χ1n) is 12.5. The van der Waals surface area contributed by atoms with Gasteiger partial charge in [0.15, 0.2) is 0 Å². The normalized spacial score (nSPS) is 36.7. The van der Waals surface area contributed by atoms with Crippen molar-refractivity contribution < 1.29 is 29.0 Å². The van der Waals surface area contributed by atoms with E-state index in [1.807, 2.05) is 29.2 Å². The Morgan fingerprint density at radius 3 is 2.67 bits per heavy atom. The van der Waals surface area contributed by atoms with Crippen molar-refractivity contribution in [1.82, 2.24) is 9.80 Å². The summed E-state index contributed by atoms with van der Waals surface area (Å²) in [7, 11) is 0. The van der Waals surface area contributed by atoms with Crippen LogP contribution in [-0.4, -0.2) is 82.8 Å². The van der Waals surface area contributed by atoms with Crippen LogP contribution in [0.25, 0.3) is 0 Å². The second kappa shape index (κ2) is 9.22. The van der Waals surface area contributed by atoms with Crippen LogP contribution in [0.15, 0.2) is 24.3 Å². The van der Waals surface area contributed by atoms with Crippen molar-refractivity contribution in [1.29, 1.82) is 0 Å². The van der Waals surface area contributed by atoms with Gasteiger partial charge in [0.2, 0.25) is 11.8 Å². The summed E-state index contributed by atoms with van der Waals surface area (Å²) in [6, 6.07) is -0.636. The molecular weight excluding hydrogens is 424 g/mol. The molecule has 1 unspecified atom stereocenters. The number of esters is 1. The van der Waals surface area contributed by atoms with Gasteiger partial charge >= 0.3 is 5.97 Å². The fourth-order valence-corrected chi connectivity index (χ4v) is 6.48. The van der Waals surface area contributed by atoms with Gasteiger partial charge in [-0.1, -0.05) is 43.6 Å². The van der Waals surface area contributed by atoms with Gasteiger partial charge in [0.1, 0.15) is 17.6 Å². The molecule has 1 spiro atoms. The van der Waals surface area contributed by atoms with Gasteiger partial charge in [-0.15, -0.1) is 0 Å². The third-order valence-electron chi connectivity index (χ3n) is 7.97. The van der Waals surface area contributed by atoms with Crippen LogP contribution in [0.1, 0.15) is 51.4 Å². The number of cyclic esters (lactones) is 1. The lowest BCUT2D eigenvalue weighted by Gasteiger charge is -2.39. The maximum atomic E-state index is 14.1. The molecule has 180 valence electrons. The van der Waals surface area contributed by atoms with Crippen LogP contribution in [0.5, 0.6) is 0 Å². The number of aliphatic hydroxyl groups excluding tert-OH is 1. The molecule has 33 heavy (non-hydrogen) atoms. The molecule has 1 aliphatic carbocycles. The fourth-order valence-electron chi connectivity index (χ4n) is 6.48. The zero-order valence-electron chi connectivity index (χ0n) is 19.1. The van der Waals surface area contributed by atoms with Crippen LogP contribution < -0.4 is 0 Å². The summed E-state index contributed by atoms with van der Waals surface area (Å²) in [6.45, 7) is 1.15. The molecule has 1 N–H and O–H groups in total. The topological polar surface area (TPSA) is 96.4 Å². The third-order valence-corrected chi connectivity index (χ3v) is 7.97. The van der Waals surface area contributed by atoms with Crippen LogP contribution in [0.4, 0.5) is 0 Å². The van der Waals surface area contributed by atoms with Crippen LogP contribution in [0.2, 0.25) is 0 Å². The minimum absolute atomic E-state index is 0.0294. The van der Waals surface area contributed by atoms with Crippen LogP contribution in [0, 0.1) is 11.8 Å². The molecule has 8 nitrogen and oxygen atoms in total. The molecule has 0 bridgehead atoms.